The molecule has 54 heavy (non-hydrogen) atoms. The zero-order chi connectivity index (χ0) is 41.1. The maximum absolute atomic E-state index is 11.1. The van der Waals surface area contributed by atoms with E-state index in [2.05, 4.69) is 37.7 Å². The number of hydrogen-bond acceptors (Lipinski definition) is 14. The minimum absolute atomic E-state index is 0. The van der Waals surface area contributed by atoms with Gasteiger partial charge in [0, 0.05) is 104 Å². The molecule has 4 aliphatic heterocycles. The molecule has 14 nitrogen and oxygen atoms in total. The second kappa shape index (κ2) is 27.4. The summed E-state index contributed by atoms with van der Waals surface area (Å²) in [6, 6.07) is 0. The molecular weight excluding hydrogens is 854 g/mol. The van der Waals surface area contributed by atoms with Gasteiger partial charge in [0.2, 0.25) is 0 Å². The molecular formula is C38H62N2O12Y2-4. The van der Waals surface area contributed by atoms with Gasteiger partial charge in [0.25, 0.3) is 0 Å². The summed E-state index contributed by atoms with van der Waals surface area (Å²) in [6.07, 6.45) is 1.06. The van der Waals surface area contributed by atoms with Crippen molar-refractivity contribution < 1.29 is 128 Å². The molecule has 0 aromatic carbocycles. The zero-order valence-electron chi connectivity index (χ0n) is 33.7. The Hall–Kier alpha value is -0.292. The summed E-state index contributed by atoms with van der Waals surface area (Å²) in [6.45, 7) is 13.3. The topological polar surface area (TPSA) is 239 Å². The zero-order valence-corrected chi connectivity index (χ0v) is 37.3. The van der Waals surface area contributed by atoms with E-state index in [1.165, 1.54) is 59.5 Å². The molecule has 6 aliphatic rings. The molecule has 2 saturated heterocycles. The Morgan fingerprint density at radius 2 is 1.09 bits per heavy atom. The Kier molecular flexibility index (Phi) is 26.3. The second-order valence-electron chi connectivity index (χ2n) is 13.6. The van der Waals surface area contributed by atoms with E-state index in [-0.39, 0.29) is 95.5 Å². The molecule has 0 aromatic rings. The van der Waals surface area contributed by atoms with Crippen LogP contribution in [0.25, 0.3) is 0 Å². The molecule has 16 heteroatoms. The van der Waals surface area contributed by atoms with Crippen LogP contribution in [0.1, 0.15) is 81.8 Å². The van der Waals surface area contributed by atoms with Gasteiger partial charge in [-0.15, -0.1) is 11.6 Å². The monoisotopic (exact) mass is 918 g/mol. The van der Waals surface area contributed by atoms with Crippen LogP contribution in [-0.4, -0.2) is 138 Å². The summed E-state index contributed by atoms with van der Waals surface area (Å²) < 4.78 is 22.2. The van der Waals surface area contributed by atoms with E-state index in [0.717, 1.165) is 11.8 Å². The molecule has 0 spiro atoms. The number of ketones is 2. The van der Waals surface area contributed by atoms with Crippen molar-refractivity contribution in [1.82, 2.24) is 0 Å². The number of rotatable bonds is 8. The molecule has 10 atom stereocenters. The molecule has 4 fully saturated rings. The van der Waals surface area contributed by atoms with Gasteiger partial charge in [-0.25, -0.2) is 0 Å². The van der Waals surface area contributed by atoms with E-state index >= 15 is 0 Å². The van der Waals surface area contributed by atoms with Crippen LogP contribution in [0.5, 0.6) is 0 Å². The van der Waals surface area contributed by atoms with E-state index < -0.39 is 74.3 Å². The fourth-order valence-electron chi connectivity index (χ4n) is 5.70. The van der Waals surface area contributed by atoms with Crippen molar-refractivity contribution in [2.24, 2.45) is 21.8 Å². The van der Waals surface area contributed by atoms with Crippen LogP contribution in [0.3, 0.4) is 0 Å². The first-order valence-corrected chi connectivity index (χ1v) is 17.2. The van der Waals surface area contributed by atoms with Gasteiger partial charge < -0.3 is 78.8 Å². The van der Waals surface area contributed by atoms with Crippen molar-refractivity contribution in [3.8, 4) is 0 Å². The van der Waals surface area contributed by atoms with Gasteiger partial charge in [0.05, 0.1) is 25.4 Å². The standard InChI is InChI=1S/2C13H18NO6.2C5H9.2CH4.2Y/c1-6(16)7-2-8(14-4-7)3-9-11(17)13(19)12(18)10(5-15)20-9;1-6(16)8-3-2-7(14-8)4-9-11(17)13(19)12(18)10(5-15)20-9;2*1-5-3-2-4-5;;;;/h4,9-13,15,17-19H,1-3,5H2;3,9-13,15,17-19H,1-2,4-5H2;2*5H,1-4H2;2*1H4;;/q4*-1;;;;/i;;;;2*1D;;. The van der Waals surface area contributed by atoms with Crippen molar-refractivity contribution in [2.45, 2.75) is 140 Å². The van der Waals surface area contributed by atoms with Crippen LogP contribution in [0.15, 0.2) is 33.5 Å². The van der Waals surface area contributed by atoms with Crippen LogP contribution in [0, 0.1) is 39.5 Å². The third kappa shape index (κ3) is 16.5. The fourth-order valence-corrected chi connectivity index (χ4v) is 5.70. The number of carbonyl (C=O) groups is 2. The number of nitrogens with zero attached hydrogens (tertiary/aromatic N) is 2. The summed E-state index contributed by atoms with van der Waals surface area (Å²) in [4.78, 5) is 30.3. The SMILES string of the molecule is [2H]C.[2H]C.[CH2-]C(=O)C1=CCC(CC2OC(CO)C(O)C(O)C2O)=N1.[CH2-]C(=O)C1=CN=C(CC2OC(CO)C(O)C(O)C2O)C1.[CH2-]C1CCC1.[CH2-]C1CCC1.[Y].[Y]. The molecule has 6 rings (SSSR count). The molecule has 8 N–H and O–H groups in total. The van der Waals surface area contributed by atoms with Gasteiger partial charge in [-0.05, 0) is 18.3 Å². The fraction of sp³-hybridized carbons (Fsp3) is 0.684. The number of ether oxygens (including phenoxy) is 2. The number of carbonyl (C=O) groups excluding carboxylic acids is 2. The number of aliphatic hydroxyl groups is 8. The third-order valence-electron chi connectivity index (χ3n) is 9.56. The van der Waals surface area contributed by atoms with E-state index in [1.54, 1.807) is 6.08 Å². The van der Waals surface area contributed by atoms with Crippen molar-refractivity contribution >= 4 is 23.0 Å². The normalized spacial score (nSPS) is 32.8. The van der Waals surface area contributed by atoms with Crippen LogP contribution in [0.2, 0.25) is 0 Å². The number of hydrogen-bond donors (Lipinski definition) is 8. The second-order valence-corrected chi connectivity index (χ2v) is 13.6. The van der Waals surface area contributed by atoms with Gasteiger partial charge in [-0.3, -0.25) is 4.99 Å². The molecule has 0 bridgehead atoms. The van der Waals surface area contributed by atoms with Crippen molar-refractivity contribution in [2.75, 3.05) is 13.2 Å². The van der Waals surface area contributed by atoms with Gasteiger partial charge in [-0.2, -0.15) is 25.7 Å². The quantitative estimate of drug-likeness (QED) is 0.161. The van der Waals surface area contributed by atoms with Crippen LogP contribution in [-0.2, 0) is 84.5 Å². The maximum Gasteiger partial charge on any atom is 0.111 e. The first-order chi connectivity index (χ1) is 25.7. The Morgan fingerprint density at radius 3 is 1.39 bits per heavy atom. The van der Waals surface area contributed by atoms with Gasteiger partial charge in [-0.1, -0.05) is 59.8 Å². The van der Waals surface area contributed by atoms with Crippen molar-refractivity contribution in [3.63, 3.8) is 0 Å². The third-order valence-corrected chi connectivity index (χ3v) is 9.56. The van der Waals surface area contributed by atoms with Crippen LogP contribution < -0.4 is 0 Å². The Morgan fingerprint density at radius 1 is 0.704 bits per heavy atom. The largest absolute Gasteiger partial charge is 0.394 e. The Labute approximate surface area is 374 Å². The molecule has 306 valence electrons. The van der Waals surface area contributed by atoms with E-state index in [1.807, 2.05) is 0 Å². The summed E-state index contributed by atoms with van der Waals surface area (Å²) >= 11 is 0. The Bertz CT molecular complexity index is 1250. The van der Waals surface area contributed by atoms with Gasteiger partial charge >= 0.3 is 0 Å². The Balaban J connectivity index is 0. The predicted octanol–water partition coefficient (Wildman–Crippen LogP) is 1.21. The number of aliphatic imine (C=N–C) groups is 2. The molecule has 4 heterocycles. The average molecular weight is 919 g/mol. The van der Waals surface area contributed by atoms with E-state index in [0.29, 0.717) is 29.8 Å². The smallest absolute Gasteiger partial charge is 0.111 e. The molecule has 2 saturated carbocycles. The van der Waals surface area contributed by atoms with Crippen molar-refractivity contribution in [1.29, 1.82) is 0 Å². The minimum atomic E-state index is -1.39. The summed E-state index contributed by atoms with van der Waals surface area (Å²) in [7, 11) is 2.50. The van der Waals surface area contributed by atoms with Crippen LogP contribution >= 0.6 is 0 Å². The van der Waals surface area contributed by atoms with Crippen LogP contribution in [0.4, 0.5) is 0 Å². The van der Waals surface area contributed by atoms with E-state index in [4.69, 9.17) is 22.4 Å². The summed E-state index contributed by atoms with van der Waals surface area (Å²) in [5.41, 5.74) is 2.00. The van der Waals surface area contributed by atoms with E-state index in [9.17, 15) is 40.2 Å². The number of allylic oxidation sites excluding steroid dienone is 3. The predicted molar refractivity (Wildman–Crippen MR) is 197 cm³/mol. The first kappa shape index (κ1) is 51.7. The minimum Gasteiger partial charge on any atom is -0.394 e. The number of Topliss-reactive ketones (excluding diaryl/α,β-unsaturated/α-hetero) is 2. The molecule has 0 aromatic heterocycles. The maximum atomic E-state index is 11.1. The molecule has 0 amide bonds. The average Bonchev–Trinajstić information content (AvgIpc) is 3.83. The summed E-state index contributed by atoms with van der Waals surface area (Å²) in [5.74, 6) is 0.941. The molecule has 10 unspecified atom stereocenters. The van der Waals surface area contributed by atoms with Crippen molar-refractivity contribution in [3.05, 3.63) is 51.2 Å². The molecule has 2 aliphatic carbocycles. The number of aliphatic hydroxyl groups excluding tert-OH is 8. The van der Waals surface area contributed by atoms with Gasteiger partial charge in [0.15, 0.2) is 0 Å². The van der Waals surface area contributed by atoms with Gasteiger partial charge in [0.1, 0.15) is 48.8 Å². The first-order valence-electron chi connectivity index (χ1n) is 19.2. The molecule has 2 radical (unpaired) electrons. The summed E-state index contributed by atoms with van der Waals surface area (Å²) in [5, 5.41) is 76.6.